The Bertz CT molecular complexity index is 781. The molecule has 1 aromatic carbocycles. The lowest BCUT2D eigenvalue weighted by molar-refractivity contribution is 0.719. The molecule has 0 spiro atoms. The van der Waals surface area contributed by atoms with E-state index >= 15 is 0 Å². The third-order valence-electron chi connectivity index (χ3n) is 4.50. The molecule has 0 aliphatic carbocycles. The number of aromatic nitrogens is 2. The van der Waals surface area contributed by atoms with Crippen molar-refractivity contribution in [2.75, 3.05) is 0 Å². The van der Waals surface area contributed by atoms with Crippen LogP contribution in [0.15, 0.2) is 54.6 Å². The lowest BCUT2D eigenvalue weighted by atomic mass is 10.1. The zero-order chi connectivity index (χ0) is 16.9. The lowest BCUT2D eigenvalue weighted by Gasteiger charge is -2.12. The van der Waals surface area contributed by atoms with Gasteiger partial charge in [-0.2, -0.15) is 0 Å². The summed E-state index contributed by atoms with van der Waals surface area (Å²) in [6, 6.07) is 19.4. The molecule has 0 amide bonds. The smallest absolute Gasteiger partial charge is 0.137 e. The first kappa shape index (κ1) is 16.5. The van der Waals surface area contributed by atoms with Gasteiger partial charge >= 0.3 is 0 Å². The first-order valence-corrected chi connectivity index (χ1v) is 8.80. The molecule has 0 saturated heterocycles. The highest BCUT2D eigenvalue weighted by Crippen LogP contribution is 2.17. The number of hydrogen-bond acceptors (Lipinski definition) is 1. The number of unbranched alkanes of at least 4 members (excludes halogenated alkanes) is 1. The van der Waals surface area contributed by atoms with Crippen molar-refractivity contribution in [2.45, 2.75) is 46.5 Å². The first-order chi connectivity index (χ1) is 11.6. The van der Waals surface area contributed by atoms with Crippen molar-refractivity contribution in [1.29, 1.82) is 0 Å². The minimum Gasteiger partial charge on any atom is -0.303 e. The zero-order valence-electron chi connectivity index (χ0n) is 14.9. The fourth-order valence-corrected chi connectivity index (χ4v) is 3.27. The monoisotopic (exact) mass is 318 g/mol. The van der Waals surface area contributed by atoms with E-state index in [-0.39, 0.29) is 0 Å². The second-order valence-corrected chi connectivity index (χ2v) is 6.64. The van der Waals surface area contributed by atoms with Crippen molar-refractivity contribution in [3.05, 3.63) is 82.8 Å². The van der Waals surface area contributed by atoms with Crippen LogP contribution in [0.3, 0.4) is 0 Å². The van der Waals surface area contributed by atoms with Gasteiger partial charge in [-0.05, 0) is 81.8 Å². The molecule has 0 fully saturated rings. The molecule has 3 aromatic rings. The van der Waals surface area contributed by atoms with E-state index in [0.29, 0.717) is 0 Å². The van der Waals surface area contributed by atoms with E-state index in [1.54, 1.807) is 0 Å². The van der Waals surface area contributed by atoms with E-state index in [1.165, 1.54) is 41.1 Å². The fraction of sp³-hybridized carbons (Fsp3) is 0.318. The number of rotatable bonds is 6. The Balaban J connectivity index is 1.66. The molecule has 2 nitrogen and oxygen atoms in total. The number of nitrogens with zero attached hydrogens (tertiary/aromatic N) is 2. The minimum absolute atomic E-state index is 1.04. The highest BCUT2D eigenvalue weighted by Gasteiger charge is 2.07. The minimum atomic E-state index is 1.04. The van der Waals surface area contributed by atoms with Gasteiger partial charge in [-0.15, -0.1) is 0 Å². The van der Waals surface area contributed by atoms with E-state index in [1.807, 2.05) is 0 Å². The third-order valence-corrected chi connectivity index (χ3v) is 4.50. The summed E-state index contributed by atoms with van der Waals surface area (Å²) in [5.74, 6) is 1.05. The number of aryl methyl sites for hydroxylation is 5. The predicted molar refractivity (Wildman–Crippen MR) is 101 cm³/mol. The van der Waals surface area contributed by atoms with E-state index in [2.05, 4.69) is 79.9 Å². The molecule has 0 saturated carbocycles. The molecule has 0 aliphatic heterocycles. The standard InChI is InChI=1S/C22H26N2/c1-17-15-21(12-8-7-11-20-9-5-4-6-10-20)23-22(16-17)24-18(2)13-14-19(24)3/h4-6,9-10,13-16H,7-8,11-12H2,1-3H3. The van der Waals surface area contributed by atoms with Crippen LogP contribution >= 0.6 is 0 Å². The fourth-order valence-electron chi connectivity index (χ4n) is 3.27. The molecule has 2 aromatic heterocycles. The Labute approximate surface area is 145 Å². The van der Waals surface area contributed by atoms with Gasteiger partial charge in [0, 0.05) is 17.1 Å². The van der Waals surface area contributed by atoms with E-state index < -0.39 is 0 Å². The van der Waals surface area contributed by atoms with Crippen molar-refractivity contribution < 1.29 is 0 Å². The largest absolute Gasteiger partial charge is 0.303 e. The SMILES string of the molecule is Cc1cc(CCCCc2ccccc2)nc(-n2c(C)ccc2C)c1. The highest BCUT2D eigenvalue weighted by molar-refractivity contribution is 5.35. The summed E-state index contributed by atoms with van der Waals surface area (Å²) >= 11 is 0. The van der Waals surface area contributed by atoms with Gasteiger partial charge in [0.25, 0.3) is 0 Å². The molecule has 0 atom stereocenters. The molecule has 2 heteroatoms. The molecule has 0 radical (unpaired) electrons. The average Bonchev–Trinajstić information content (AvgIpc) is 2.91. The maximum Gasteiger partial charge on any atom is 0.137 e. The van der Waals surface area contributed by atoms with Crippen molar-refractivity contribution in [1.82, 2.24) is 9.55 Å². The Morgan fingerprint density at radius 2 is 1.46 bits per heavy atom. The van der Waals surface area contributed by atoms with Crippen molar-refractivity contribution >= 4 is 0 Å². The van der Waals surface area contributed by atoms with Gasteiger partial charge in [0.05, 0.1) is 0 Å². The van der Waals surface area contributed by atoms with Crippen LogP contribution < -0.4 is 0 Å². The summed E-state index contributed by atoms with van der Waals surface area (Å²) in [7, 11) is 0. The van der Waals surface area contributed by atoms with E-state index in [4.69, 9.17) is 4.98 Å². The van der Waals surface area contributed by atoms with Gasteiger partial charge in [0.2, 0.25) is 0 Å². The van der Waals surface area contributed by atoms with Gasteiger partial charge < -0.3 is 4.57 Å². The summed E-state index contributed by atoms with van der Waals surface area (Å²) in [5, 5.41) is 0. The normalized spacial score (nSPS) is 11.0. The molecule has 0 unspecified atom stereocenters. The van der Waals surface area contributed by atoms with Crippen LogP contribution in [0.4, 0.5) is 0 Å². The number of hydrogen-bond donors (Lipinski definition) is 0. The summed E-state index contributed by atoms with van der Waals surface area (Å²) in [6.07, 6.45) is 4.57. The molecule has 0 N–H and O–H groups in total. The van der Waals surface area contributed by atoms with Crippen LogP contribution in [-0.2, 0) is 12.8 Å². The molecule has 0 aliphatic rings. The molecule has 2 heterocycles. The second-order valence-electron chi connectivity index (χ2n) is 6.64. The first-order valence-electron chi connectivity index (χ1n) is 8.80. The van der Waals surface area contributed by atoms with Crippen molar-refractivity contribution in [3.8, 4) is 5.82 Å². The summed E-state index contributed by atoms with van der Waals surface area (Å²) < 4.78 is 2.24. The Kier molecular flexibility index (Phi) is 5.14. The number of pyridine rings is 1. The van der Waals surface area contributed by atoms with Crippen LogP contribution in [-0.4, -0.2) is 9.55 Å². The highest BCUT2D eigenvalue weighted by atomic mass is 15.1. The molecule has 124 valence electrons. The molecule has 3 rings (SSSR count). The zero-order valence-corrected chi connectivity index (χ0v) is 14.9. The number of benzene rings is 1. The topological polar surface area (TPSA) is 17.8 Å². The Morgan fingerprint density at radius 1 is 0.792 bits per heavy atom. The van der Waals surface area contributed by atoms with E-state index in [0.717, 1.165) is 18.7 Å². The van der Waals surface area contributed by atoms with Crippen molar-refractivity contribution in [2.24, 2.45) is 0 Å². The van der Waals surface area contributed by atoms with Gasteiger partial charge in [0.1, 0.15) is 5.82 Å². The third kappa shape index (κ3) is 3.94. The van der Waals surface area contributed by atoms with Gasteiger partial charge in [-0.25, -0.2) is 4.98 Å². The van der Waals surface area contributed by atoms with Crippen LogP contribution in [0.5, 0.6) is 0 Å². The molecular formula is C22H26N2. The molecule has 24 heavy (non-hydrogen) atoms. The van der Waals surface area contributed by atoms with Gasteiger partial charge in [-0.1, -0.05) is 30.3 Å². The lowest BCUT2D eigenvalue weighted by Crippen LogP contribution is -2.04. The second kappa shape index (κ2) is 7.48. The quantitative estimate of drug-likeness (QED) is 0.559. The van der Waals surface area contributed by atoms with Crippen LogP contribution in [0.1, 0.15) is 41.1 Å². The molecule has 0 bridgehead atoms. The summed E-state index contributed by atoms with van der Waals surface area (Å²) in [4.78, 5) is 4.91. The Hall–Kier alpha value is -2.35. The van der Waals surface area contributed by atoms with E-state index in [9.17, 15) is 0 Å². The van der Waals surface area contributed by atoms with Gasteiger partial charge in [-0.3, -0.25) is 0 Å². The maximum absolute atomic E-state index is 4.91. The Morgan fingerprint density at radius 3 is 2.17 bits per heavy atom. The van der Waals surface area contributed by atoms with Crippen molar-refractivity contribution in [3.63, 3.8) is 0 Å². The van der Waals surface area contributed by atoms with Crippen LogP contribution in [0.25, 0.3) is 5.82 Å². The average molecular weight is 318 g/mol. The van der Waals surface area contributed by atoms with Crippen LogP contribution in [0, 0.1) is 20.8 Å². The summed E-state index contributed by atoms with van der Waals surface area (Å²) in [5.41, 5.74) is 6.38. The predicted octanol–water partition coefficient (Wildman–Crippen LogP) is 5.36. The molecular weight excluding hydrogens is 292 g/mol. The maximum atomic E-state index is 4.91. The van der Waals surface area contributed by atoms with Gasteiger partial charge in [0.15, 0.2) is 0 Å². The van der Waals surface area contributed by atoms with Crippen LogP contribution in [0.2, 0.25) is 0 Å². The summed E-state index contributed by atoms with van der Waals surface area (Å²) in [6.45, 7) is 6.43.